The van der Waals surface area contributed by atoms with E-state index in [1.54, 1.807) is 0 Å². The first-order chi connectivity index (χ1) is 13.3. The zero-order valence-electron chi connectivity index (χ0n) is 15.5. The van der Waals surface area contributed by atoms with Gasteiger partial charge in [0.15, 0.2) is 0 Å². The molecule has 2 aromatic carbocycles. The second kappa shape index (κ2) is 8.21. The van der Waals surface area contributed by atoms with E-state index in [2.05, 4.69) is 34.1 Å². The van der Waals surface area contributed by atoms with Gasteiger partial charge in [0.1, 0.15) is 5.82 Å². The lowest BCUT2D eigenvalue weighted by Gasteiger charge is -2.15. The van der Waals surface area contributed by atoms with Crippen molar-refractivity contribution in [3.05, 3.63) is 83.4 Å². The van der Waals surface area contributed by atoms with Gasteiger partial charge in [-0.25, -0.2) is 4.98 Å². The van der Waals surface area contributed by atoms with Gasteiger partial charge in [-0.2, -0.15) is 0 Å². The fourth-order valence-corrected chi connectivity index (χ4v) is 3.77. The Labute approximate surface area is 160 Å². The van der Waals surface area contributed by atoms with Gasteiger partial charge in [-0.05, 0) is 49.8 Å². The summed E-state index contributed by atoms with van der Waals surface area (Å²) in [6.45, 7) is 0.468. The first-order valence-corrected chi connectivity index (χ1v) is 9.76. The number of para-hydroxylation sites is 1. The normalized spacial score (nSPS) is 13.2. The van der Waals surface area contributed by atoms with Gasteiger partial charge in [-0.1, -0.05) is 48.5 Å². The molecule has 0 aliphatic heterocycles. The number of hydrogen-bond donors (Lipinski definition) is 1. The zero-order valence-corrected chi connectivity index (χ0v) is 15.5. The molecule has 0 bridgehead atoms. The van der Waals surface area contributed by atoms with Crippen LogP contribution in [-0.2, 0) is 30.6 Å². The van der Waals surface area contributed by atoms with Crippen molar-refractivity contribution in [2.45, 2.75) is 45.1 Å². The van der Waals surface area contributed by atoms with Gasteiger partial charge in [0, 0.05) is 17.8 Å². The third-order valence-corrected chi connectivity index (χ3v) is 5.14. The molecule has 27 heavy (non-hydrogen) atoms. The molecule has 0 atom stereocenters. The Morgan fingerprint density at radius 1 is 0.963 bits per heavy atom. The summed E-state index contributed by atoms with van der Waals surface area (Å²) in [5.74, 6) is 1.00. The maximum Gasteiger partial charge on any atom is 0.220 e. The van der Waals surface area contributed by atoms with Crippen molar-refractivity contribution in [3.63, 3.8) is 0 Å². The molecule has 1 aliphatic rings. The minimum absolute atomic E-state index is 0.0689. The highest BCUT2D eigenvalue weighted by Crippen LogP contribution is 2.25. The number of hydrogen-bond acceptors (Lipinski definition) is 2. The number of rotatable bonds is 6. The van der Waals surface area contributed by atoms with E-state index in [0.717, 1.165) is 30.8 Å². The van der Waals surface area contributed by atoms with Crippen molar-refractivity contribution in [2.75, 3.05) is 0 Å². The molecule has 1 heterocycles. The molecule has 0 radical (unpaired) electrons. The molecule has 0 unspecified atom stereocenters. The number of amides is 1. The Morgan fingerprint density at radius 3 is 2.44 bits per heavy atom. The van der Waals surface area contributed by atoms with Crippen molar-refractivity contribution in [1.29, 1.82) is 0 Å². The second-order valence-corrected chi connectivity index (χ2v) is 7.06. The summed E-state index contributed by atoms with van der Waals surface area (Å²) in [5, 5.41) is 3.07. The van der Waals surface area contributed by atoms with E-state index in [1.807, 2.05) is 36.4 Å². The van der Waals surface area contributed by atoms with Crippen LogP contribution >= 0.6 is 0 Å². The predicted molar refractivity (Wildman–Crippen MR) is 107 cm³/mol. The highest BCUT2D eigenvalue weighted by Gasteiger charge is 2.21. The quantitative estimate of drug-likeness (QED) is 0.723. The summed E-state index contributed by atoms with van der Waals surface area (Å²) >= 11 is 0. The highest BCUT2D eigenvalue weighted by atomic mass is 16.1. The summed E-state index contributed by atoms with van der Waals surface area (Å²) in [5.41, 5.74) is 4.82. The van der Waals surface area contributed by atoms with Gasteiger partial charge in [0.25, 0.3) is 0 Å². The fourth-order valence-electron chi connectivity index (χ4n) is 3.77. The summed E-state index contributed by atoms with van der Waals surface area (Å²) < 4.78 is 2.24. The Bertz CT molecular complexity index is 900. The minimum atomic E-state index is 0.0689. The monoisotopic (exact) mass is 359 g/mol. The summed E-state index contributed by atoms with van der Waals surface area (Å²) in [7, 11) is 0. The van der Waals surface area contributed by atoms with Crippen LogP contribution in [0, 0.1) is 0 Å². The Kier molecular flexibility index (Phi) is 5.33. The fraction of sp³-hybridized carbons (Fsp3) is 0.304. The molecule has 0 fully saturated rings. The first kappa shape index (κ1) is 17.5. The zero-order chi connectivity index (χ0) is 18.5. The number of nitrogens with one attached hydrogen (secondary N) is 1. The molecule has 1 amide bonds. The van der Waals surface area contributed by atoms with E-state index in [9.17, 15) is 4.79 Å². The maximum atomic E-state index is 12.3. The Balaban J connectivity index is 1.47. The van der Waals surface area contributed by atoms with Crippen molar-refractivity contribution < 1.29 is 4.79 Å². The van der Waals surface area contributed by atoms with Crippen LogP contribution < -0.4 is 5.32 Å². The lowest BCUT2D eigenvalue weighted by molar-refractivity contribution is -0.121. The van der Waals surface area contributed by atoms with Crippen LogP contribution in [0.3, 0.4) is 0 Å². The van der Waals surface area contributed by atoms with Gasteiger partial charge in [-0.15, -0.1) is 0 Å². The molecule has 1 aliphatic carbocycles. The number of benzene rings is 2. The van der Waals surface area contributed by atoms with Crippen molar-refractivity contribution in [2.24, 2.45) is 0 Å². The molecule has 0 spiro atoms. The molecule has 4 heteroatoms. The minimum Gasteiger partial charge on any atom is -0.349 e. The van der Waals surface area contributed by atoms with Crippen LogP contribution in [0.4, 0.5) is 0 Å². The lowest BCUT2D eigenvalue weighted by atomic mass is 10.0. The van der Waals surface area contributed by atoms with Crippen LogP contribution in [0.2, 0.25) is 0 Å². The van der Waals surface area contributed by atoms with Gasteiger partial charge >= 0.3 is 0 Å². The van der Waals surface area contributed by atoms with E-state index in [0.29, 0.717) is 13.0 Å². The molecule has 1 N–H and O–H groups in total. The molecule has 3 aromatic rings. The van der Waals surface area contributed by atoms with Gasteiger partial charge < -0.3 is 5.32 Å². The molecular formula is C23H25N3O. The van der Waals surface area contributed by atoms with Gasteiger partial charge in [0.05, 0.1) is 12.2 Å². The van der Waals surface area contributed by atoms with Crippen molar-refractivity contribution in [3.8, 4) is 5.69 Å². The second-order valence-electron chi connectivity index (χ2n) is 7.06. The molecule has 1 aromatic heterocycles. The number of nitrogens with zero attached hydrogens (tertiary/aromatic N) is 2. The average molecular weight is 359 g/mol. The molecule has 0 saturated heterocycles. The molecule has 4 nitrogen and oxygen atoms in total. The average Bonchev–Trinajstić information content (AvgIpc) is 3.10. The largest absolute Gasteiger partial charge is 0.349 e. The van der Waals surface area contributed by atoms with Gasteiger partial charge in [0.2, 0.25) is 5.91 Å². The number of fused-ring (bicyclic) bond motifs is 1. The smallest absolute Gasteiger partial charge is 0.220 e. The van der Waals surface area contributed by atoms with Crippen molar-refractivity contribution >= 4 is 5.91 Å². The lowest BCUT2D eigenvalue weighted by Crippen LogP contribution is -2.25. The number of carbonyl (C=O) groups excluding carboxylic acids is 1. The molecular weight excluding hydrogens is 334 g/mol. The van der Waals surface area contributed by atoms with Gasteiger partial charge in [-0.3, -0.25) is 9.36 Å². The third kappa shape index (κ3) is 4.11. The van der Waals surface area contributed by atoms with Crippen LogP contribution in [0.5, 0.6) is 0 Å². The van der Waals surface area contributed by atoms with Crippen LogP contribution in [0.25, 0.3) is 5.69 Å². The van der Waals surface area contributed by atoms with E-state index in [1.165, 1.54) is 29.8 Å². The first-order valence-electron chi connectivity index (χ1n) is 9.76. The SMILES string of the molecule is O=C(CCc1ccccc1)NCc1nc2c(n1-c1ccccc1)CCCC2. The van der Waals surface area contributed by atoms with Crippen LogP contribution in [-0.4, -0.2) is 15.5 Å². The number of aryl methyl sites for hydroxylation is 2. The third-order valence-electron chi connectivity index (χ3n) is 5.14. The van der Waals surface area contributed by atoms with Crippen LogP contribution in [0.15, 0.2) is 60.7 Å². The molecule has 4 rings (SSSR count). The van der Waals surface area contributed by atoms with E-state index in [-0.39, 0.29) is 5.91 Å². The van der Waals surface area contributed by atoms with E-state index >= 15 is 0 Å². The van der Waals surface area contributed by atoms with Crippen LogP contribution in [0.1, 0.15) is 42.0 Å². The Hall–Kier alpha value is -2.88. The topological polar surface area (TPSA) is 46.9 Å². The molecule has 138 valence electrons. The number of carbonyl (C=O) groups is 1. The summed E-state index contributed by atoms with van der Waals surface area (Å²) in [6.07, 6.45) is 5.74. The molecule has 0 saturated carbocycles. The standard InChI is InChI=1S/C23H25N3O/c27-23(16-15-18-9-3-1-4-10-18)24-17-22-25-20-13-7-8-14-21(20)26(22)19-11-5-2-6-12-19/h1-6,9-12H,7-8,13-17H2,(H,24,27). The summed E-state index contributed by atoms with van der Waals surface area (Å²) in [4.78, 5) is 17.2. The Morgan fingerprint density at radius 2 is 1.67 bits per heavy atom. The number of aromatic nitrogens is 2. The van der Waals surface area contributed by atoms with Crippen molar-refractivity contribution in [1.82, 2.24) is 14.9 Å². The maximum absolute atomic E-state index is 12.3. The highest BCUT2D eigenvalue weighted by molar-refractivity contribution is 5.76. The number of imidazole rings is 1. The summed E-state index contributed by atoms with van der Waals surface area (Å²) in [6, 6.07) is 20.5. The predicted octanol–water partition coefficient (Wildman–Crippen LogP) is 4.00. The van der Waals surface area contributed by atoms with E-state index < -0.39 is 0 Å². The van der Waals surface area contributed by atoms with E-state index in [4.69, 9.17) is 4.98 Å².